The summed E-state index contributed by atoms with van der Waals surface area (Å²) in [5.74, 6) is 0.919. The van der Waals surface area contributed by atoms with Gasteiger partial charge in [0.1, 0.15) is 11.5 Å². The van der Waals surface area contributed by atoms with Crippen LogP contribution in [-0.4, -0.2) is 67.2 Å². The van der Waals surface area contributed by atoms with Crippen LogP contribution in [0.25, 0.3) is 21.9 Å². The van der Waals surface area contributed by atoms with Crippen molar-refractivity contribution in [2.75, 3.05) is 32.7 Å². The summed E-state index contributed by atoms with van der Waals surface area (Å²) in [5.41, 5.74) is 3.24. The Hall–Kier alpha value is -3.22. The van der Waals surface area contributed by atoms with E-state index in [1.165, 1.54) is 18.5 Å². The number of likely N-dealkylation sites (tertiary alicyclic amines) is 2. The molecule has 6 rings (SSSR count). The lowest BCUT2D eigenvalue weighted by Crippen LogP contribution is -2.53. The third-order valence-electron chi connectivity index (χ3n) is 9.55. The zero-order valence-electron chi connectivity index (χ0n) is 25.3. The first kappa shape index (κ1) is 29.8. The molecule has 0 spiro atoms. The van der Waals surface area contributed by atoms with Crippen molar-refractivity contribution < 1.29 is 4.39 Å². The Balaban J connectivity index is 1.27. The summed E-state index contributed by atoms with van der Waals surface area (Å²) >= 11 is 6.95. The Morgan fingerprint density at radius 2 is 1.81 bits per heavy atom. The van der Waals surface area contributed by atoms with Crippen LogP contribution < -0.4 is 5.32 Å². The Kier molecular flexibility index (Phi) is 9.15. The van der Waals surface area contributed by atoms with E-state index < -0.39 is 5.82 Å². The lowest BCUT2D eigenvalue weighted by molar-refractivity contribution is 0.247. The van der Waals surface area contributed by atoms with Crippen molar-refractivity contribution in [2.45, 2.75) is 64.0 Å². The van der Waals surface area contributed by atoms with Gasteiger partial charge in [0.2, 0.25) is 0 Å². The molecule has 0 aliphatic carbocycles. The van der Waals surface area contributed by atoms with Crippen molar-refractivity contribution in [3.63, 3.8) is 0 Å². The number of nitrogens with zero attached hydrogens (tertiary/aromatic N) is 4. The highest BCUT2D eigenvalue weighted by Gasteiger charge is 2.35. The number of unbranched alkanes of at least 4 members (excludes halogenated alkanes) is 2. The lowest BCUT2D eigenvalue weighted by Gasteiger charge is -2.36. The molecule has 3 atom stereocenters. The van der Waals surface area contributed by atoms with Gasteiger partial charge in [-0.05, 0) is 80.0 Å². The van der Waals surface area contributed by atoms with Crippen molar-refractivity contribution in [1.82, 2.24) is 15.1 Å². The summed E-state index contributed by atoms with van der Waals surface area (Å²) in [6.07, 6.45) is 7.97. The predicted molar refractivity (Wildman–Crippen MR) is 179 cm³/mol. The van der Waals surface area contributed by atoms with Crippen molar-refractivity contribution in [3.05, 3.63) is 77.2 Å². The third-order valence-corrected chi connectivity index (χ3v) is 9.85. The Morgan fingerprint density at radius 1 is 1.05 bits per heavy atom. The van der Waals surface area contributed by atoms with Crippen LogP contribution in [0.2, 0.25) is 5.02 Å². The number of benzene rings is 3. The van der Waals surface area contributed by atoms with E-state index >= 15 is 4.39 Å². The van der Waals surface area contributed by atoms with E-state index in [-0.39, 0.29) is 5.69 Å². The molecule has 3 aromatic carbocycles. The molecule has 1 N–H and O–H groups in total. The molecule has 3 unspecified atom stereocenters. The summed E-state index contributed by atoms with van der Waals surface area (Å²) in [5, 5.41) is 6.04. The number of amidine groups is 1. The molecular formula is C36H43ClFN5. The van der Waals surface area contributed by atoms with Gasteiger partial charge in [-0.2, -0.15) is 0 Å². The molecule has 43 heavy (non-hydrogen) atoms. The van der Waals surface area contributed by atoms with Crippen LogP contribution in [-0.2, 0) is 0 Å². The molecule has 3 heterocycles. The topological polar surface area (TPSA) is 43.2 Å². The van der Waals surface area contributed by atoms with Crippen LogP contribution in [0.15, 0.2) is 70.8 Å². The van der Waals surface area contributed by atoms with E-state index in [2.05, 4.69) is 40.3 Å². The number of allylic oxidation sites excluding steroid dienone is 1. The van der Waals surface area contributed by atoms with Gasteiger partial charge in [-0.15, -0.1) is 0 Å². The SMILES string of the molecule is C=Nc1c(/C(=N\CCCCCN2CCCC(C)C2=C)N2CC3CCC(C2)N3)cc(Cl)c(-c2cccc3ccccc23)c1F. The van der Waals surface area contributed by atoms with Gasteiger partial charge in [0.05, 0.1) is 5.02 Å². The highest BCUT2D eigenvalue weighted by atomic mass is 35.5. The van der Waals surface area contributed by atoms with Gasteiger partial charge >= 0.3 is 0 Å². The summed E-state index contributed by atoms with van der Waals surface area (Å²) < 4.78 is 16.5. The third kappa shape index (κ3) is 6.23. The summed E-state index contributed by atoms with van der Waals surface area (Å²) in [6.45, 7) is 14.9. The Bertz CT molecular complexity index is 1520. The maximum absolute atomic E-state index is 16.5. The van der Waals surface area contributed by atoms with Crippen molar-refractivity contribution >= 4 is 40.6 Å². The molecule has 5 nitrogen and oxygen atoms in total. The van der Waals surface area contributed by atoms with E-state index in [1.807, 2.05) is 48.5 Å². The van der Waals surface area contributed by atoms with Gasteiger partial charge in [-0.1, -0.05) is 67.6 Å². The molecule has 226 valence electrons. The molecule has 3 fully saturated rings. The smallest absolute Gasteiger partial charge is 0.158 e. The van der Waals surface area contributed by atoms with Crippen LogP contribution in [0.4, 0.5) is 10.1 Å². The quantitative estimate of drug-likeness (QED) is 0.153. The van der Waals surface area contributed by atoms with Gasteiger partial charge in [0, 0.05) is 61.6 Å². The lowest BCUT2D eigenvalue weighted by atomic mass is 9.95. The second-order valence-corrected chi connectivity index (χ2v) is 12.9. The van der Waals surface area contributed by atoms with Crippen molar-refractivity contribution in [2.24, 2.45) is 15.9 Å². The summed E-state index contributed by atoms with van der Waals surface area (Å²) in [4.78, 5) is 14.2. The van der Waals surface area contributed by atoms with Gasteiger partial charge in [-0.3, -0.25) is 9.98 Å². The minimum absolute atomic E-state index is 0.217. The van der Waals surface area contributed by atoms with Crippen LogP contribution in [0.5, 0.6) is 0 Å². The van der Waals surface area contributed by atoms with E-state index in [0.29, 0.717) is 40.7 Å². The fourth-order valence-corrected chi connectivity index (χ4v) is 7.49. The number of hydrogen-bond donors (Lipinski definition) is 1. The minimum Gasteiger partial charge on any atom is -0.375 e. The van der Waals surface area contributed by atoms with E-state index in [4.69, 9.17) is 16.6 Å². The molecule has 3 aromatic rings. The molecule has 7 heteroatoms. The number of piperidine rings is 1. The van der Waals surface area contributed by atoms with Gasteiger partial charge < -0.3 is 15.1 Å². The molecule has 2 bridgehead atoms. The van der Waals surface area contributed by atoms with Crippen molar-refractivity contribution in [3.8, 4) is 11.1 Å². The number of fused-ring (bicyclic) bond motifs is 3. The largest absolute Gasteiger partial charge is 0.375 e. The molecule has 0 radical (unpaired) electrons. The standard InChI is InChI=1S/C36H43ClFN5/c1-24-11-10-20-42(25(24)2)19-8-4-7-18-40-36(43-22-27-16-17-28(23-43)41-27)31-21-32(37)33(34(38)35(31)39-3)30-15-9-13-26-12-5-6-14-29(26)30/h5-6,9,12-15,21,24,27-28,41H,2-4,7-8,10-11,16-20,22-23H2,1H3/b40-36+. The molecule has 0 saturated carbocycles. The van der Waals surface area contributed by atoms with Gasteiger partial charge in [0.25, 0.3) is 0 Å². The first-order valence-corrected chi connectivity index (χ1v) is 16.3. The summed E-state index contributed by atoms with van der Waals surface area (Å²) in [7, 11) is 0. The number of halogens is 2. The molecule has 3 saturated heterocycles. The second-order valence-electron chi connectivity index (χ2n) is 12.5. The Labute approximate surface area is 260 Å². The molecule has 3 aliphatic heterocycles. The average molecular weight is 600 g/mol. The molecule has 3 aliphatic rings. The maximum Gasteiger partial charge on any atom is 0.158 e. The van der Waals surface area contributed by atoms with Crippen LogP contribution >= 0.6 is 11.6 Å². The zero-order chi connectivity index (χ0) is 29.9. The highest BCUT2D eigenvalue weighted by molar-refractivity contribution is 6.34. The number of rotatable bonds is 9. The number of hydrogen-bond acceptors (Lipinski definition) is 4. The van der Waals surface area contributed by atoms with Crippen LogP contribution in [0, 0.1) is 11.7 Å². The zero-order valence-corrected chi connectivity index (χ0v) is 26.1. The van der Waals surface area contributed by atoms with E-state index in [9.17, 15) is 0 Å². The maximum atomic E-state index is 16.5. The molecule has 0 aromatic heterocycles. The molecule has 0 amide bonds. The minimum atomic E-state index is -0.448. The number of nitrogens with one attached hydrogen (secondary N) is 1. The normalized spacial score (nSPS) is 22.4. The van der Waals surface area contributed by atoms with Crippen LogP contribution in [0.3, 0.4) is 0 Å². The number of aliphatic imine (C=N–C) groups is 2. The highest BCUT2D eigenvalue weighted by Crippen LogP contribution is 2.42. The van der Waals surface area contributed by atoms with Gasteiger partial charge in [-0.25, -0.2) is 4.39 Å². The molecular weight excluding hydrogens is 557 g/mol. The predicted octanol–water partition coefficient (Wildman–Crippen LogP) is 8.23. The van der Waals surface area contributed by atoms with Gasteiger partial charge in [0.15, 0.2) is 5.82 Å². The summed E-state index contributed by atoms with van der Waals surface area (Å²) in [6, 6.07) is 16.5. The van der Waals surface area contributed by atoms with E-state index in [0.717, 1.165) is 80.5 Å². The second kappa shape index (κ2) is 13.2. The van der Waals surface area contributed by atoms with Crippen LogP contribution in [0.1, 0.15) is 57.4 Å². The fourth-order valence-electron chi connectivity index (χ4n) is 7.19. The van der Waals surface area contributed by atoms with E-state index in [1.54, 1.807) is 0 Å². The fraction of sp³-hybridized carbons (Fsp3) is 0.444. The number of piperazine rings is 1. The van der Waals surface area contributed by atoms with Crippen molar-refractivity contribution in [1.29, 1.82) is 0 Å². The first-order valence-electron chi connectivity index (χ1n) is 15.9. The first-order chi connectivity index (χ1) is 20.9. The average Bonchev–Trinajstić information content (AvgIpc) is 3.35. The Morgan fingerprint density at radius 3 is 2.60 bits per heavy atom. The monoisotopic (exact) mass is 599 g/mol.